The summed E-state index contributed by atoms with van der Waals surface area (Å²) < 4.78 is 27.7. The molecule has 1 amide bonds. The molecule has 0 bridgehead atoms. The van der Waals surface area contributed by atoms with Crippen LogP contribution in [0.3, 0.4) is 0 Å². The van der Waals surface area contributed by atoms with Crippen LogP contribution in [-0.4, -0.2) is 20.4 Å². The van der Waals surface area contributed by atoms with Crippen molar-refractivity contribution in [3.05, 3.63) is 64.6 Å². The highest BCUT2D eigenvalue weighted by Crippen LogP contribution is 2.22. The van der Waals surface area contributed by atoms with Crippen molar-refractivity contribution >= 4 is 43.6 Å². The van der Waals surface area contributed by atoms with Gasteiger partial charge >= 0.3 is 0 Å². The van der Waals surface area contributed by atoms with Gasteiger partial charge in [0.15, 0.2) is 0 Å². The number of hydrogen-bond acceptors (Lipinski definition) is 3. The van der Waals surface area contributed by atoms with Gasteiger partial charge in [-0.05, 0) is 54.8 Å². The van der Waals surface area contributed by atoms with Crippen LogP contribution >= 0.6 is 15.9 Å². The Labute approximate surface area is 155 Å². The van der Waals surface area contributed by atoms with Crippen LogP contribution in [0.5, 0.6) is 0 Å². The van der Waals surface area contributed by atoms with E-state index in [0.29, 0.717) is 5.69 Å². The third-order valence-corrected chi connectivity index (χ3v) is 5.64. The number of sulfonamides is 1. The molecule has 1 aliphatic rings. The molecule has 0 atom stereocenters. The van der Waals surface area contributed by atoms with E-state index in [1.165, 1.54) is 18.2 Å². The zero-order valence-electron chi connectivity index (χ0n) is 13.3. The van der Waals surface area contributed by atoms with Crippen LogP contribution in [0.25, 0.3) is 6.08 Å². The molecule has 0 saturated heterocycles. The third-order valence-electron chi connectivity index (χ3n) is 3.61. The number of hydrogen-bond donors (Lipinski definition) is 2. The number of rotatable bonds is 6. The lowest BCUT2D eigenvalue weighted by Gasteiger charge is -2.05. The monoisotopic (exact) mass is 420 g/mol. The molecule has 0 unspecified atom stereocenters. The van der Waals surface area contributed by atoms with Crippen molar-refractivity contribution in [3.8, 4) is 0 Å². The molecule has 5 nitrogen and oxygen atoms in total. The van der Waals surface area contributed by atoms with E-state index in [0.717, 1.165) is 22.9 Å². The van der Waals surface area contributed by atoms with Crippen LogP contribution in [0, 0.1) is 0 Å². The molecule has 2 N–H and O–H groups in total. The zero-order valence-corrected chi connectivity index (χ0v) is 15.7. The Morgan fingerprint density at radius 3 is 2.48 bits per heavy atom. The van der Waals surface area contributed by atoms with E-state index in [1.807, 2.05) is 12.1 Å². The van der Waals surface area contributed by atoms with Crippen LogP contribution < -0.4 is 10.0 Å². The number of anilines is 1. The average Bonchev–Trinajstić information content (AvgIpc) is 3.37. The quantitative estimate of drug-likeness (QED) is 0.701. The number of benzene rings is 2. The zero-order chi connectivity index (χ0) is 17.9. The fourth-order valence-corrected chi connectivity index (χ4v) is 3.87. The Balaban J connectivity index is 1.62. The Morgan fingerprint density at radius 2 is 1.84 bits per heavy atom. The van der Waals surface area contributed by atoms with Gasteiger partial charge in [0, 0.05) is 22.3 Å². The Morgan fingerprint density at radius 1 is 1.12 bits per heavy atom. The van der Waals surface area contributed by atoms with Crippen LogP contribution in [0.1, 0.15) is 18.4 Å². The minimum Gasteiger partial charge on any atom is -0.322 e. The van der Waals surface area contributed by atoms with Gasteiger partial charge in [0.1, 0.15) is 0 Å². The standard InChI is InChI=1S/C18H17BrN2O3S/c19-14-2-1-3-16(12-14)20-18(22)11-6-13-4-9-17(10-5-13)25(23,24)21-15-7-8-15/h1-6,9-12,15,21H,7-8H2,(H,20,22)/b11-6+. The lowest BCUT2D eigenvalue weighted by molar-refractivity contribution is -0.111. The van der Waals surface area contributed by atoms with Gasteiger partial charge in [-0.15, -0.1) is 0 Å². The predicted octanol–water partition coefficient (Wildman–Crippen LogP) is 3.54. The average molecular weight is 421 g/mol. The maximum atomic E-state index is 12.1. The summed E-state index contributed by atoms with van der Waals surface area (Å²) in [7, 11) is -3.45. The minimum atomic E-state index is -3.45. The van der Waals surface area contributed by atoms with Gasteiger partial charge in [0.25, 0.3) is 0 Å². The third kappa shape index (κ3) is 5.26. The Hall–Kier alpha value is -1.96. The molecule has 1 saturated carbocycles. The summed E-state index contributed by atoms with van der Waals surface area (Å²) in [5.41, 5.74) is 1.44. The van der Waals surface area contributed by atoms with Crippen molar-refractivity contribution in [1.29, 1.82) is 0 Å². The van der Waals surface area contributed by atoms with E-state index in [9.17, 15) is 13.2 Å². The fourth-order valence-electron chi connectivity index (χ4n) is 2.17. The summed E-state index contributed by atoms with van der Waals surface area (Å²) in [6.07, 6.45) is 4.84. The molecule has 1 aliphatic carbocycles. The van der Waals surface area contributed by atoms with E-state index in [-0.39, 0.29) is 16.8 Å². The summed E-state index contributed by atoms with van der Waals surface area (Å²) in [4.78, 5) is 12.2. The number of amides is 1. The van der Waals surface area contributed by atoms with E-state index in [4.69, 9.17) is 0 Å². The molecule has 1 fully saturated rings. The number of nitrogens with one attached hydrogen (secondary N) is 2. The second-order valence-corrected chi connectivity index (χ2v) is 8.43. The summed E-state index contributed by atoms with van der Waals surface area (Å²) >= 11 is 3.35. The van der Waals surface area contributed by atoms with Crippen molar-refractivity contribution in [2.45, 2.75) is 23.8 Å². The van der Waals surface area contributed by atoms with Crippen molar-refractivity contribution in [2.75, 3.05) is 5.32 Å². The van der Waals surface area contributed by atoms with Crippen molar-refractivity contribution in [1.82, 2.24) is 4.72 Å². The maximum absolute atomic E-state index is 12.1. The molecule has 7 heteroatoms. The van der Waals surface area contributed by atoms with Crippen molar-refractivity contribution < 1.29 is 13.2 Å². The van der Waals surface area contributed by atoms with Gasteiger partial charge in [-0.25, -0.2) is 13.1 Å². The molecule has 0 aliphatic heterocycles. The molecule has 25 heavy (non-hydrogen) atoms. The number of halogens is 1. The van der Waals surface area contributed by atoms with Crippen LogP contribution in [0.2, 0.25) is 0 Å². The van der Waals surface area contributed by atoms with Gasteiger partial charge < -0.3 is 5.32 Å². The largest absolute Gasteiger partial charge is 0.322 e. The van der Waals surface area contributed by atoms with E-state index in [1.54, 1.807) is 30.3 Å². The molecule has 0 heterocycles. The predicted molar refractivity (Wildman–Crippen MR) is 102 cm³/mol. The highest BCUT2D eigenvalue weighted by molar-refractivity contribution is 9.10. The molecule has 0 radical (unpaired) electrons. The molecule has 3 rings (SSSR count). The number of carbonyl (C=O) groups excluding carboxylic acids is 1. The fraction of sp³-hybridized carbons (Fsp3) is 0.167. The highest BCUT2D eigenvalue weighted by atomic mass is 79.9. The summed E-state index contributed by atoms with van der Waals surface area (Å²) in [6, 6.07) is 13.8. The lowest BCUT2D eigenvalue weighted by atomic mass is 10.2. The molecule has 2 aromatic carbocycles. The minimum absolute atomic E-state index is 0.0753. The topological polar surface area (TPSA) is 75.3 Å². The van der Waals surface area contributed by atoms with Crippen molar-refractivity contribution in [3.63, 3.8) is 0 Å². The molecule has 0 aromatic heterocycles. The second kappa shape index (κ2) is 7.51. The summed E-state index contributed by atoms with van der Waals surface area (Å²) in [6.45, 7) is 0. The van der Waals surface area contributed by atoms with Gasteiger partial charge in [0.2, 0.25) is 15.9 Å². The van der Waals surface area contributed by atoms with Gasteiger partial charge in [-0.2, -0.15) is 0 Å². The number of carbonyl (C=O) groups is 1. The summed E-state index contributed by atoms with van der Waals surface area (Å²) in [5, 5.41) is 2.76. The Bertz CT molecular complexity index is 904. The van der Waals surface area contributed by atoms with Gasteiger partial charge in [-0.3, -0.25) is 4.79 Å². The van der Waals surface area contributed by atoms with Gasteiger partial charge in [0.05, 0.1) is 4.90 Å². The van der Waals surface area contributed by atoms with Gasteiger partial charge in [-0.1, -0.05) is 34.1 Å². The molecular weight excluding hydrogens is 404 g/mol. The first kappa shape index (κ1) is 17.8. The summed E-state index contributed by atoms with van der Waals surface area (Å²) in [5.74, 6) is -0.259. The molecule has 0 spiro atoms. The van der Waals surface area contributed by atoms with Crippen LogP contribution in [-0.2, 0) is 14.8 Å². The van der Waals surface area contributed by atoms with Crippen LogP contribution in [0.4, 0.5) is 5.69 Å². The van der Waals surface area contributed by atoms with E-state index >= 15 is 0 Å². The van der Waals surface area contributed by atoms with Crippen LogP contribution in [0.15, 0.2) is 64.0 Å². The van der Waals surface area contributed by atoms with E-state index < -0.39 is 10.0 Å². The Kier molecular flexibility index (Phi) is 5.36. The smallest absolute Gasteiger partial charge is 0.248 e. The first-order valence-corrected chi connectivity index (χ1v) is 10.1. The maximum Gasteiger partial charge on any atom is 0.248 e. The molecule has 2 aromatic rings. The van der Waals surface area contributed by atoms with E-state index in [2.05, 4.69) is 26.0 Å². The highest BCUT2D eigenvalue weighted by Gasteiger charge is 2.27. The normalized spacial score (nSPS) is 14.6. The lowest BCUT2D eigenvalue weighted by Crippen LogP contribution is -2.25. The first-order valence-electron chi connectivity index (χ1n) is 7.79. The van der Waals surface area contributed by atoms with Crippen molar-refractivity contribution in [2.24, 2.45) is 0 Å². The molecular formula is C18H17BrN2O3S. The SMILES string of the molecule is O=C(/C=C/c1ccc(S(=O)(=O)NC2CC2)cc1)Nc1cccc(Br)c1. The second-order valence-electron chi connectivity index (χ2n) is 5.80. The molecule has 130 valence electrons. The first-order chi connectivity index (χ1) is 11.9.